The maximum atomic E-state index is 12.0. The lowest BCUT2D eigenvalue weighted by atomic mass is 10.2. The number of rotatable bonds is 4. The van der Waals surface area contributed by atoms with Gasteiger partial charge in [0.25, 0.3) is 11.6 Å². The Hall–Kier alpha value is -3.62. The van der Waals surface area contributed by atoms with Gasteiger partial charge in [-0.25, -0.2) is 5.43 Å². The number of non-ortho nitro benzene ring substituents is 1. The lowest BCUT2D eigenvalue weighted by molar-refractivity contribution is -0.385. The summed E-state index contributed by atoms with van der Waals surface area (Å²) in [5.41, 5.74) is 1.97. The Bertz CT molecular complexity index is 852. The lowest BCUT2D eigenvalue weighted by Crippen LogP contribution is -2.42. The smallest absolute Gasteiger partial charge is 0.284 e. The molecule has 1 aliphatic heterocycles. The zero-order chi connectivity index (χ0) is 17.8. The molecule has 2 aromatic carbocycles. The zero-order valence-corrected chi connectivity index (χ0v) is 12.7. The second kappa shape index (κ2) is 6.87. The van der Waals surface area contributed by atoms with E-state index in [-0.39, 0.29) is 17.9 Å². The first kappa shape index (κ1) is 16.2. The molecule has 0 saturated heterocycles. The average molecular weight is 342 g/mol. The Morgan fingerprint density at radius 1 is 1.28 bits per heavy atom. The van der Waals surface area contributed by atoms with E-state index in [0.717, 1.165) is 24.4 Å². The lowest BCUT2D eigenvalue weighted by Gasteiger charge is -2.24. The van der Waals surface area contributed by atoms with Crippen LogP contribution in [0.5, 0.6) is 17.2 Å². The molecule has 1 heterocycles. The molecule has 0 spiro atoms. The van der Waals surface area contributed by atoms with Crippen LogP contribution >= 0.6 is 0 Å². The molecular formula is C16H12N3O6-. The molecule has 0 saturated carbocycles. The molecule has 0 fully saturated rings. The maximum Gasteiger partial charge on any atom is 0.284 e. The monoisotopic (exact) mass is 342 g/mol. The van der Waals surface area contributed by atoms with E-state index in [1.54, 1.807) is 24.3 Å². The van der Waals surface area contributed by atoms with Crippen LogP contribution in [0, 0.1) is 10.1 Å². The molecule has 1 aliphatic rings. The number of nitrogens with one attached hydrogen (secondary N) is 1. The molecule has 128 valence electrons. The van der Waals surface area contributed by atoms with E-state index < -0.39 is 22.7 Å². The highest BCUT2D eigenvalue weighted by Crippen LogP contribution is 2.30. The van der Waals surface area contributed by atoms with E-state index >= 15 is 0 Å². The molecule has 0 aromatic heterocycles. The van der Waals surface area contributed by atoms with Crippen molar-refractivity contribution in [1.29, 1.82) is 0 Å². The Balaban J connectivity index is 1.64. The first-order valence-corrected chi connectivity index (χ1v) is 7.21. The summed E-state index contributed by atoms with van der Waals surface area (Å²) in [5.74, 6) is -0.0283. The fraction of sp³-hybridized carbons (Fsp3) is 0.125. The molecule has 25 heavy (non-hydrogen) atoms. The molecule has 1 amide bonds. The topological polar surface area (TPSA) is 126 Å². The highest BCUT2D eigenvalue weighted by atomic mass is 16.6. The van der Waals surface area contributed by atoms with Crippen molar-refractivity contribution in [3.05, 3.63) is 58.1 Å². The molecule has 1 N–H and O–H groups in total. The zero-order valence-electron chi connectivity index (χ0n) is 12.7. The van der Waals surface area contributed by atoms with E-state index in [1.165, 1.54) is 0 Å². The van der Waals surface area contributed by atoms with Gasteiger partial charge in [-0.05, 0) is 17.7 Å². The fourth-order valence-electron chi connectivity index (χ4n) is 2.14. The van der Waals surface area contributed by atoms with Gasteiger partial charge in [-0.15, -0.1) is 0 Å². The highest BCUT2D eigenvalue weighted by molar-refractivity contribution is 5.87. The largest absolute Gasteiger partial charge is 0.872 e. The molecule has 3 rings (SSSR count). The van der Waals surface area contributed by atoms with Crippen LogP contribution in [0.2, 0.25) is 0 Å². The Kier molecular flexibility index (Phi) is 4.46. The van der Waals surface area contributed by atoms with Crippen LogP contribution in [-0.4, -0.2) is 29.8 Å². The van der Waals surface area contributed by atoms with Gasteiger partial charge in [0.15, 0.2) is 11.5 Å². The van der Waals surface area contributed by atoms with Crippen molar-refractivity contribution in [1.82, 2.24) is 5.43 Å². The fourth-order valence-corrected chi connectivity index (χ4v) is 2.14. The minimum Gasteiger partial charge on any atom is -0.872 e. The van der Waals surface area contributed by atoms with Crippen molar-refractivity contribution in [3.8, 4) is 17.2 Å². The molecule has 9 heteroatoms. The standard InChI is InChI=1S/C16H13N3O6/c20-12-6-5-11(19(22)23)7-10(12)8-17-18-16(21)15-9-24-13-3-1-2-4-14(13)25-15/h1-8,15,20H,9H2,(H,18,21)/p-1/b17-8+/t15-/m1/s1. The first-order valence-electron chi connectivity index (χ1n) is 7.21. The van der Waals surface area contributed by atoms with Crippen molar-refractivity contribution in [2.45, 2.75) is 6.10 Å². The predicted molar refractivity (Wildman–Crippen MR) is 84.6 cm³/mol. The van der Waals surface area contributed by atoms with E-state index in [1.807, 2.05) is 0 Å². The average Bonchev–Trinajstić information content (AvgIpc) is 2.62. The van der Waals surface area contributed by atoms with E-state index in [2.05, 4.69) is 10.5 Å². The third kappa shape index (κ3) is 3.66. The van der Waals surface area contributed by atoms with Crippen molar-refractivity contribution >= 4 is 17.8 Å². The minimum absolute atomic E-state index is 0.0133. The van der Waals surface area contributed by atoms with Crippen LogP contribution in [0.15, 0.2) is 47.6 Å². The van der Waals surface area contributed by atoms with Crippen LogP contribution < -0.4 is 20.0 Å². The van der Waals surface area contributed by atoms with Gasteiger partial charge < -0.3 is 14.6 Å². The summed E-state index contributed by atoms with van der Waals surface area (Å²) in [6.07, 6.45) is 0.147. The number of para-hydroxylation sites is 2. The summed E-state index contributed by atoms with van der Waals surface area (Å²) in [6, 6.07) is 10.2. The number of nitrogens with zero attached hydrogens (tertiary/aromatic N) is 2. The quantitative estimate of drug-likeness (QED) is 0.501. The van der Waals surface area contributed by atoms with Crippen molar-refractivity contribution in [2.75, 3.05) is 6.61 Å². The number of benzene rings is 2. The molecule has 0 radical (unpaired) electrons. The van der Waals surface area contributed by atoms with E-state index in [4.69, 9.17) is 9.47 Å². The third-order valence-corrected chi connectivity index (χ3v) is 3.38. The number of hydrogen-bond donors (Lipinski definition) is 1. The second-order valence-corrected chi connectivity index (χ2v) is 5.08. The van der Waals surface area contributed by atoms with Crippen LogP contribution in [0.3, 0.4) is 0 Å². The van der Waals surface area contributed by atoms with Gasteiger partial charge in [-0.1, -0.05) is 23.9 Å². The van der Waals surface area contributed by atoms with Gasteiger partial charge in [0.2, 0.25) is 6.10 Å². The van der Waals surface area contributed by atoms with Crippen molar-refractivity contribution < 1.29 is 24.3 Å². The molecular weight excluding hydrogens is 330 g/mol. The van der Waals surface area contributed by atoms with Gasteiger partial charge in [-0.3, -0.25) is 14.9 Å². The number of hydrazone groups is 1. The van der Waals surface area contributed by atoms with Gasteiger partial charge in [-0.2, -0.15) is 5.10 Å². The number of nitro benzene ring substituents is 1. The van der Waals surface area contributed by atoms with E-state index in [0.29, 0.717) is 11.5 Å². The molecule has 2 aromatic rings. The number of amides is 1. The summed E-state index contributed by atoms with van der Waals surface area (Å²) in [7, 11) is 0. The predicted octanol–water partition coefficient (Wildman–Crippen LogP) is 0.958. The number of carbonyl (C=O) groups excluding carboxylic acids is 1. The van der Waals surface area contributed by atoms with Gasteiger partial charge in [0.05, 0.1) is 11.1 Å². The minimum atomic E-state index is -0.899. The Morgan fingerprint density at radius 3 is 2.80 bits per heavy atom. The first-order chi connectivity index (χ1) is 12.0. The molecule has 9 nitrogen and oxygen atoms in total. The summed E-state index contributed by atoms with van der Waals surface area (Å²) < 4.78 is 10.9. The molecule has 0 aliphatic carbocycles. The normalized spacial score (nSPS) is 15.8. The summed E-state index contributed by atoms with van der Waals surface area (Å²) >= 11 is 0. The van der Waals surface area contributed by atoms with Crippen molar-refractivity contribution in [2.24, 2.45) is 5.10 Å². The van der Waals surface area contributed by atoms with Gasteiger partial charge in [0.1, 0.15) is 6.61 Å². The van der Waals surface area contributed by atoms with Gasteiger partial charge in [0, 0.05) is 12.1 Å². The van der Waals surface area contributed by atoms with Crippen LogP contribution in [0.1, 0.15) is 5.56 Å². The number of hydrogen-bond acceptors (Lipinski definition) is 7. The van der Waals surface area contributed by atoms with Crippen LogP contribution in [0.25, 0.3) is 0 Å². The highest BCUT2D eigenvalue weighted by Gasteiger charge is 2.26. The third-order valence-electron chi connectivity index (χ3n) is 3.38. The van der Waals surface area contributed by atoms with E-state index in [9.17, 15) is 20.0 Å². The SMILES string of the molecule is O=C(N/N=C/c1cc([N+](=O)[O-])ccc1[O-])[C@H]1COc2ccccc2O1. The maximum absolute atomic E-state index is 12.0. The number of nitro groups is 1. The number of carbonyl (C=O) groups is 1. The molecule has 0 unspecified atom stereocenters. The van der Waals surface area contributed by atoms with Crippen LogP contribution in [0.4, 0.5) is 5.69 Å². The van der Waals surface area contributed by atoms with Gasteiger partial charge >= 0.3 is 0 Å². The Morgan fingerprint density at radius 2 is 2.04 bits per heavy atom. The Labute approximate surface area is 141 Å². The van der Waals surface area contributed by atoms with Crippen molar-refractivity contribution in [3.63, 3.8) is 0 Å². The molecule has 1 atom stereocenters. The second-order valence-electron chi connectivity index (χ2n) is 5.08. The summed E-state index contributed by atoms with van der Waals surface area (Å²) in [4.78, 5) is 22.1. The van der Waals surface area contributed by atoms with Crippen LogP contribution in [-0.2, 0) is 4.79 Å². The molecule has 0 bridgehead atoms. The number of ether oxygens (including phenoxy) is 2. The summed E-state index contributed by atoms with van der Waals surface area (Å²) in [6.45, 7) is 0.0159. The summed E-state index contributed by atoms with van der Waals surface area (Å²) in [5, 5.41) is 26.0. The number of fused-ring (bicyclic) bond motifs is 1.